The summed E-state index contributed by atoms with van der Waals surface area (Å²) in [6.07, 6.45) is 1.72. The Bertz CT molecular complexity index is 1810. The van der Waals surface area contributed by atoms with Crippen molar-refractivity contribution in [1.82, 2.24) is 19.5 Å². The number of nitrogens with one attached hydrogen (secondary N) is 1. The number of esters is 2. The number of morpholine rings is 1. The summed E-state index contributed by atoms with van der Waals surface area (Å²) in [5.74, 6) is -0.845. The van der Waals surface area contributed by atoms with Crippen molar-refractivity contribution < 1.29 is 36.6 Å². The van der Waals surface area contributed by atoms with Gasteiger partial charge in [-0.3, -0.25) is 14.7 Å². The van der Waals surface area contributed by atoms with Gasteiger partial charge in [-0.1, -0.05) is 31.8 Å². The van der Waals surface area contributed by atoms with E-state index in [1.165, 1.54) is 21.7 Å². The van der Waals surface area contributed by atoms with Crippen LogP contribution in [0.4, 0.5) is 4.39 Å². The lowest BCUT2D eigenvalue weighted by Gasteiger charge is -2.43. The van der Waals surface area contributed by atoms with Crippen LogP contribution in [-0.4, -0.2) is 112 Å². The number of carbonyl (C=O) groups is 2. The number of rotatable bonds is 12. The van der Waals surface area contributed by atoms with Crippen LogP contribution in [0.1, 0.15) is 48.9 Å². The Kier molecular flexibility index (Phi) is 10.9. The molecule has 1 aromatic carbocycles. The van der Waals surface area contributed by atoms with Crippen LogP contribution in [0.25, 0.3) is 0 Å². The van der Waals surface area contributed by atoms with Crippen molar-refractivity contribution in [3.05, 3.63) is 63.0 Å². The number of amidine groups is 1. The molecular formula is C35H48FN5O7S2Si. The van der Waals surface area contributed by atoms with Gasteiger partial charge in [0.25, 0.3) is 0 Å². The molecule has 0 radical (unpaired) electrons. The summed E-state index contributed by atoms with van der Waals surface area (Å²) >= 11 is 1.39. The molecule has 1 aliphatic carbocycles. The van der Waals surface area contributed by atoms with Crippen molar-refractivity contribution >= 4 is 47.2 Å². The van der Waals surface area contributed by atoms with E-state index in [-0.39, 0.29) is 62.8 Å². The van der Waals surface area contributed by atoms with E-state index in [2.05, 4.69) is 34.8 Å². The molecule has 0 bridgehead atoms. The first-order chi connectivity index (χ1) is 24.1. The number of aromatic nitrogens is 1. The number of benzene rings is 1. The Labute approximate surface area is 304 Å². The second kappa shape index (κ2) is 14.8. The van der Waals surface area contributed by atoms with Gasteiger partial charge in [0.15, 0.2) is 10.8 Å². The molecule has 4 aliphatic rings. The monoisotopic (exact) mass is 761 g/mol. The zero-order chi connectivity index (χ0) is 36.7. The second-order valence-electron chi connectivity index (χ2n) is 15.3. The molecular weight excluding hydrogens is 714 g/mol. The molecule has 1 aromatic heterocycles. The van der Waals surface area contributed by atoms with Crippen molar-refractivity contribution in [3.63, 3.8) is 0 Å². The molecule has 278 valence electrons. The quantitative estimate of drug-likeness (QED) is 0.247. The van der Waals surface area contributed by atoms with E-state index in [9.17, 15) is 22.4 Å². The zero-order valence-electron chi connectivity index (χ0n) is 30.1. The highest BCUT2D eigenvalue weighted by molar-refractivity contribution is 7.89. The van der Waals surface area contributed by atoms with Crippen LogP contribution >= 0.6 is 11.3 Å². The van der Waals surface area contributed by atoms with E-state index in [0.29, 0.717) is 47.4 Å². The standard InChI is InChI=1S/C35H48FN5O7S2Si/c1-7-46-33(42)29-26(38-31(32-37-11-15-49-32)39-30(29)24-9-8-10-25(36)22(24)2)19-40-12-13-47-28-21-41(20-27(28)40)50(44,45)23-17-35(3,18-23)34(43)48-14-16-51(4,5)6/h8-11,15,23,27-28,30H,7,12-14,16-21H2,1-6H3,(H,38,39)/t23?,27-,28+,30?,35?/m0/s1. The predicted octanol–water partition coefficient (Wildman–Crippen LogP) is 4.26. The summed E-state index contributed by atoms with van der Waals surface area (Å²) in [6.45, 7) is 13.9. The molecule has 0 spiro atoms. The molecule has 2 aromatic rings. The molecule has 1 saturated carbocycles. The summed E-state index contributed by atoms with van der Waals surface area (Å²) in [7, 11) is -5.10. The van der Waals surface area contributed by atoms with E-state index in [1.807, 2.05) is 5.38 Å². The average molecular weight is 762 g/mol. The molecule has 1 unspecified atom stereocenters. The third kappa shape index (κ3) is 7.86. The number of nitrogens with zero attached hydrogens (tertiary/aromatic N) is 4. The van der Waals surface area contributed by atoms with Gasteiger partial charge < -0.3 is 19.5 Å². The summed E-state index contributed by atoms with van der Waals surface area (Å²) in [5, 5.41) is 5.12. The van der Waals surface area contributed by atoms with Crippen LogP contribution in [0.5, 0.6) is 0 Å². The minimum Gasteiger partial charge on any atom is -0.466 e. The molecule has 1 N–H and O–H groups in total. The van der Waals surface area contributed by atoms with Crippen LogP contribution in [0, 0.1) is 18.2 Å². The summed E-state index contributed by atoms with van der Waals surface area (Å²) in [5.41, 5.74) is 0.898. The van der Waals surface area contributed by atoms with Crippen LogP contribution in [0.2, 0.25) is 25.7 Å². The molecule has 6 rings (SSSR count). The molecule has 3 fully saturated rings. The normalized spacial score (nSPS) is 27.3. The maximum absolute atomic E-state index is 14.9. The Morgan fingerprint density at radius 3 is 2.65 bits per heavy atom. The van der Waals surface area contributed by atoms with Crippen LogP contribution in [-0.2, 0) is 33.8 Å². The van der Waals surface area contributed by atoms with E-state index in [1.54, 1.807) is 39.1 Å². The van der Waals surface area contributed by atoms with Gasteiger partial charge in [0.1, 0.15) is 11.9 Å². The fourth-order valence-corrected chi connectivity index (χ4v) is 10.8. The number of carbonyl (C=O) groups excluding carboxylic acids is 2. The van der Waals surface area contributed by atoms with Gasteiger partial charge in [0.05, 0.1) is 48.2 Å². The number of fused-ring (bicyclic) bond motifs is 1. The largest absolute Gasteiger partial charge is 0.466 e. The highest BCUT2D eigenvalue weighted by atomic mass is 32.2. The lowest BCUT2D eigenvalue weighted by molar-refractivity contribution is -0.159. The van der Waals surface area contributed by atoms with Gasteiger partial charge in [0.2, 0.25) is 10.0 Å². The molecule has 2 saturated heterocycles. The number of hydrogen-bond acceptors (Lipinski definition) is 12. The van der Waals surface area contributed by atoms with Crippen LogP contribution in [0.15, 0.2) is 46.0 Å². The number of ether oxygens (including phenoxy) is 3. The lowest BCUT2D eigenvalue weighted by atomic mass is 9.70. The highest BCUT2D eigenvalue weighted by Crippen LogP contribution is 2.47. The number of thiazole rings is 1. The van der Waals surface area contributed by atoms with Crippen molar-refractivity contribution in [2.24, 2.45) is 10.4 Å². The van der Waals surface area contributed by atoms with E-state index < -0.39 is 46.6 Å². The number of aliphatic imine (C=N–C) groups is 1. The minimum absolute atomic E-state index is 0.138. The van der Waals surface area contributed by atoms with Gasteiger partial charge in [0, 0.05) is 51.5 Å². The Hall–Kier alpha value is -3.02. The fraction of sp³-hybridized carbons (Fsp3) is 0.600. The van der Waals surface area contributed by atoms with Crippen LogP contribution < -0.4 is 5.32 Å². The van der Waals surface area contributed by atoms with Crippen LogP contribution in [0.3, 0.4) is 0 Å². The molecule has 3 atom stereocenters. The molecule has 0 amide bonds. The SMILES string of the molecule is CCOC(=O)C1=C(CN2CCO[C@@H]3CN(S(=O)(=O)C4CC(C)(C(=O)OCC[Si](C)(C)C)C4)C[C@@H]32)NC(c2nccs2)=NC1c1cccc(F)c1C. The second-order valence-corrected chi connectivity index (χ2v) is 24.0. The Balaban J connectivity index is 1.22. The predicted molar refractivity (Wildman–Crippen MR) is 195 cm³/mol. The third-order valence-corrected chi connectivity index (χ3v) is 15.0. The highest BCUT2D eigenvalue weighted by Gasteiger charge is 2.56. The van der Waals surface area contributed by atoms with Gasteiger partial charge in [-0.05, 0) is 56.9 Å². The van der Waals surface area contributed by atoms with E-state index >= 15 is 0 Å². The fourth-order valence-electron chi connectivity index (χ4n) is 7.25. The minimum atomic E-state index is -3.73. The van der Waals surface area contributed by atoms with Gasteiger partial charge in [-0.2, -0.15) is 4.31 Å². The molecule has 4 heterocycles. The lowest BCUT2D eigenvalue weighted by Crippen LogP contribution is -2.53. The molecule has 3 aliphatic heterocycles. The smallest absolute Gasteiger partial charge is 0.338 e. The first-order valence-corrected chi connectivity index (χ1v) is 23.6. The average Bonchev–Trinajstić information content (AvgIpc) is 3.76. The summed E-state index contributed by atoms with van der Waals surface area (Å²) in [6, 6.07) is 4.45. The molecule has 16 heteroatoms. The Morgan fingerprint density at radius 2 is 1.96 bits per heavy atom. The van der Waals surface area contributed by atoms with E-state index in [0.717, 1.165) is 6.04 Å². The van der Waals surface area contributed by atoms with Crippen molar-refractivity contribution in [2.75, 3.05) is 46.0 Å². The number of hydrogen-bond donors (Lipinski definition) is 1. The topological polar surface area (TPSA) is 140 Å². The Morgan fingerprint density at radius 1 is 1.20 bits per heavy atom. The summed E-state index contributed by atoms with van der Waals surface area (Å²) in [4.78, 5) is 38.1. The van der Waals surface area contributed by atoms with E-state index in [4.69, 9.17) is 19.2 Å². The maximum Gasteiger partial charge on any atom is 0.338 e. The maximum atomic E-state index is 14.9. The molecule has 12 nitrogen and oxygen atoms in total. The first kappa shape index (κ1) is 37.7. The number of sulfonamides is 1. The van der Waals surface area contributed by atoms with Crippen molar-refractivity contribution in [2.45, 2.75) is 82.7 Å². The molecule has 51 heavy (non-hydrogen) atoms. The van der Waals surface area contributed by atoms with Crippen molar-refractivity contribution in [3.8, 4) is 0 Å². The van der Waals surface area contributed by atoms with Gasteiger partial charge in [-0.25, -0.2) is 22.6 Å². The van der Waals surface area contributed by atoms with Crippen molar-refractivity contribution in [1.29, 1.82) is 0 Å². The van der Waals surface area contributed by atoms with Gasteiger partial charge >= 0.3 is 11.9 Å². The third-order valence-electron chi connectivity index (χ3n) is 10.3. The number of halogens is 1. The first-order valence-electron chi connectivity index (χ1n) is 17.5. The summed E-state index contributed by atoms with van der Waals surface area (Å²) < 4.78 is 61.5. The zero-order valence-corrected chi connectivity index (χ0v) is 32.7. The van der Waals surface area contributed by atoms with Gasteiger partial charge in [-0.15, -0.1) is 11.3 Å².